The zero-order chi connectivity index (χ0) is 35.3. The Morgan fingerprint density at radius 2 is 1.50 bits per heavy atom. The van der Waals surface area contributed by atoms with Gasteiger partial charge < -0.3 is 24.3 Å². The number of rotatable bonds is 19. The molecule has 0 saturated carbocycles. The number of aliphatic hydroxyl groups excluding tert-OH is 1. The zero-order valence-electron chi connectivity index (χ0n) is 30.2. The number of phenols is 1. The Labute approximate surface area is 298 Å². The summed E-state index contributed by atoms with van der Waals surface area (Å²) in [5.41, 5.74) is 2.93. The van der Waals surface area contributed by atoms with E-state index >= 15 is 0 Å². The minimum absolute atomic E-state index is 0.0197. The molecule has 266 valence electrons. The fourth-order valence-electron chi connectivity index (χ4n) is 6.32. The maximum atomic E-state index is 11.3. The smallest absolute Gasteiger partial charge is 0.180 e. The first-order valence-corrected chi connectivity index (χ1v) is 18.6. The fourth-order valence-corrected chi connectivity index (χ4v) is 6.32. The molecule has 2 N–H and O–H groups in total. The molecule has 2 aromatic heterocycles. The molecule has 0 fully saturated rings. The number of aromatic nitrogens is 4. The number of phenolic OH excluding ortho intramolecular Hbond substituents is 1. The van der Waals surface area contributed by atoms with Gasteiger partial charge in [-0.1, -0.05) is 103 Å². The summed E-state index contributed by atoms with van der Waals surface area (Å²) in [7, 11) is 0. The number of aliphatic hydroxyl groups is 1. The fraction of sp³-hybridized carbons (Fsp3) is 0.452. The summed E-state index contributed by atoms with van der Waals surface area (Å²) in [6.45, 7) is 10.7. The highest BCUT2D eigenvalue weighted by Crippen LogP contribution is 2.34. The molecule has 50 heavy (non-hydrogen) atoms. The predicted molar refractivity (Wildman–Crippen MR) is 201 cm³/mol. The average molecular weight is 679 g/mol. The van der Waals surface area contributed by atoms with Gasteiger partial charge in [0.05, 0.1) is 36.1 Å². The summed E-state index contributed by atoms with van der Waals surface area (Å²) < 4.78 is 14.4. The van der Waals surface area contributed by atoms with Crippen LogP contribution in [-0.4, -0.2) is 49.0 Å². The molecule has 2 aromatic carbocycles. The maximum absolute atomic E-state index is 11.3. The topological polar surface area (TPSA) is 103 Å². The molecular formula is C42H54N4O4. The van der Waals surface area contributed by atoms with Gasteiger partial charge in [0.25, 0.3) is 0 Å². The van der Waals surface area contributed by atoms with E-state index in [0.717, 1.165) is 43.4 Å². The summed E-state index contributed by atoms with van der Waals surface area (Å²) in [5, 5.41) is 22.6. The van der Waals surface area contributed by atoms with E-state index in [9.17, 15) is 10.2 Å². The first kappa shape index (κ1) is 36.8. The molecule has 5 rings (SSSR count). The average Bonchev–Trinajstić information content (AvgIpc) is 3.60. The highest BCUT2D eigenvalue weighted by Gasteiger charge is 2.24. The predicted octanol–water partition coefficient (Wildman–Crippen LogP) is 10.2. The van der Waals surface area contributed by atoms with Gasteiger partial charge in [0.2, 0.25) is 0 Å². The van der Waals surface area contributed by atoms with E-state index in [4.69, 9.17) is 24.4 Å². The molecule has 1 aliphatic rings. The van der Waals surface area contributed by atoms with Gasteiger partial charge in [-0.25, -0.2) is 15.0 Å². The van der Waals surface area contributed by atoms with Crippen LogP contribution >= 0.6 is 0 Å². The Balaban J connectivity index is 1.44. The van der Waals surface area contributed by atoms with E-state index in [1.807, 2.05) is 48.7 Å². The van der Waals surface area contributed by atoms with Crippen LogP contribution in [0.5, 0.6) is 11.5 Å². The van der Waals surface area contributed by atoms with Crippen molar-refractivity contribution in [2.75, 3.05) is 13.2 Å². The Morgan fingerprint density at radius 1 is 0.800 bits per heavy atom. The van der Waals surface area contributed by atoms with Gasteiger partial charge in [-0.2, -0.15) is 0 Å². The molecule has 2 heterocycles. The van der Waals surface area contributed by atoms with Gasteiger partial charge in [0.15, 0.2) is 17.5 Å². The largest absolute Gasteiger partial charge is 0.507 e. The molecule has 0 radical (unpaired) electrons. The van der Waals surface area contributed by atoms with Crippen molar-refractivity contribution in [3.63, 3.8) is 0 Å². The lowest BCUT2D eigenvalue weighted by Crippen LogP contribution is -2.19. The second-order valence-electron chi connectivity index (χ2n) is 13.4. The van der Waals surface area contributed by atoms with Crippen molar-refractivity contribution in [2.24, 2.45) is 11.8 Å². The monoisotopic (exact) mass is 678 g/mol. The number of hydrogen-bond donors (Lipinski definition) is 2. The van der Waals surface area contributed by atoms with Crippen molar-refractivity contribution in [2.45, 2.75) is 98.1 Å². The van der Waals surface area contributed by atoms with Crippen LogP contribution in [0.4, 0.5) is 0 Å². The van der Waals surface area contributed by atoms with Crippen LogP contribution in [-0.2, 0) is 11.3 Å². The third kappa shape index (κ3) is 9.84. The minimum atomic E-state index is -0.218. The van der Waals surface area contributed by atoms with Gasteiger partial charge in [0, 0.05) is 18.8 Å². The lowest BCUT2D eigenvalue weighted by Gasteiger charge is -2.22. The van der Waals surface area contributed by atoms with Crippen LogP contribution < -0.4 is 4.74 Å². The number of hydrogen-bond acceptors (Lipinski definition) is 7. The Hall–Kier alpha value is -4.43. The molecule has 0 bridgehead atoms. The van der Waals surface area contributed by atoms with Crippen molar-refractivity contribution in [1.29, 1.82) is 0 Å². The molecule has 8 heteroatoms. The van der Waals surface area contributed by atoms with Crippen molar-refractivity contribution >= 4 is 5.57 Å². The van der Waals surface area contributed by atoms with Gasteiger partial charge in [-0.15, -0.1) is 0 Å². The highest BCUT2D eigenvalue weighted by molar-refractivity contribution is 5.76. The summed E-state index contributed by atoms with van der Waals surface area (Å²) >= 11 is 0. The van der Waals surface area contributed by atoms with Crippen LogP contribution in [0.25, 0.3) is 28.5 Å². The summed E-state index contributed by atoms with van der Waals surface area (Å²) in [6.07, 6.45) is 15.2. The van der Waals surface area contributed by atoms with Crippen molar-refractivity contribution in [3.8, 4) is 34.4 Å². The maximum Gasteiger partial charge on any atom is 0.180 e. The van der Waals surface area contributed by atoms with E-state index < -0.39 is 0 Å². The molecule has 1 aliphatic carbocycles. The van der Waals surface area contributed by atoms with Crippen LogP contribution in [0.1, 0.15) is 96.9 Å². The SMILES string of the molecule is CCCCC(CC)COc1ccc(-c2nc(C3=CCC(OCC(CC)CCCC)C=C3O)nc(-c3cccn3Cc3ccccc3)n2)c(O)c1. The molecule has 0 spiro atoms. The molecule has 0 amide bonds. The van der Waals surface area contributed by atoms with Crippen LogP contribution in [0.15, 0.2) is 84.8 Å². The highest BCUT2D eigenvalue weighted by atomic mass is 16.5. The van der Waals surface area contributed by atoms with E-state index in [2.05, 4.69) is 44.4 Å². The number of aromatic hydroxyl groups is 1. The Kier molecular flexibility index (Phi) is 13.7. The second-order valence-corrected chi connectivity index (χ2v) is 13.4. The quantitative estimate of drug-likeness (QED) is 0.102. The van der Waals surface area contributed by atoms with E-state index in [-0.39, 0.29) is 17.6 Å². The number of benzene rings is 2. The zero-order valence-corrected chi connectivity index (χ0v) is 30.2. The summed E-state index contributed by atoms with van der Waals surface area (Å²) in [5.74, 6) is 2.77. The van der Waals surface area contributed by atoms with Crippen molar-refractivity contribution < 1.29 is 19.7 Å². The third-order valence-corrected chi connectivity index (χ3v) is 9.63. The van der Waals surface area contributed by atoms with Crippen LogP contribution in [0.3, 0.4) is 0 Å². The third-order valence-electron chi connectivity index (χ3n) is 9.63. The number of allylic oxidation sites excluding steroid dienone is 1. The Bertz CT molecular complexity index is 1710. The van der Waals surface area contributed by atoms with Gasteiger partial charge in [-0.3, -0.25) is 0 Å². The van der Waals surface area contributed by atoms with E-state index in [1.165, 1.54) is 19.3 Å². The number of nitrogens with zero attached hydrogens (tertiary/aromatic N) is 4. The summed E-state index contributed by atoms with van der Waals surface area (Å²) in [6, 6.07) is 19.4. The molecule has 3 atom stereocenters. The first-order chi connectivity index (χ1) is 24.4. The second kappa shape index (κ2) is 18.5. The molecule has 4 aromatic rings. The van der Waals surface area contributed by atoms with Gasteiger partial charge in [0.1, 0.15) is 17.3 Å². The number of ether oxygens (including phenoxy) is 2. The van der Waals surface area contributed by atoms with E-state index in [1.54, 1.807) is 18.2 Å². The van der Waals surface area contributed by atoms with E-state index in [0.29, 0.717) is 72.4 Å². The summed E-state index contributed by atoms with van der Waals surface area (Å²) in [4.78, 5) is 14.6. The normalized spacial score (nSPS) is 15.7. The lowest BCUT2D eigenvalue weighted by molar-refractivity contribution is 0.0523. The lowest BCUT2D eigenvalue weighted by atomic mass is 9.99. The van der Waals surface area contributed by atoms with Crippen molar-refractivity contribution in [1.82, 2.24) is 19.5 Å². The Morgan fingerprint density at radius 3 is 2.18 bits per heavy atom. The molecule has 0 aliphatic heterocycles. The van der Waals surface area contributed by atoms with Crippen molar-refractivity contribution in [3.05, 3.63) is 96.2 Å². The molecule has 8 nitrogen and oxygen atoms in total. The molecule has 0 saturated heterocycles. The number of unbranched alkanes of at least 4 members (excludes halogenated alkanes) is 2. The minimum Gasteiger partial charge on any atom is -0.507 e. The van der Waals surface area contributed by atoms with Gasteiger partial charge >= 0.3 is 0 Å². The van der Waals surface area contributed by atoms with Crippen LogP contribution in [0, 0.1) is 11.8 Å². The molecular weight excluding hydrogens is 624 g/mol. The standard InChI is InChI=1S/C42H54N4O4/c1-5-9-15-30(7-3)28-49-33-20-22-35(38(47)25-33)40-43-41(36-23-21-34(26-39(36)48)50-29-31(8-4)16-10-6-2)45-42(44-40)37-19-14-24-46(37)27-32-17-12-11-13-18-32/h11-14,17-20,22-26,30-31,34,47-48H,5-10,15-16,21,27-29H2,1-4H3. The molecule has 3 unspecified atom stereocenters. The van der Waals surface area contributed by atoms with Gasteiger partial charge in [-0.05, 0) is 67.0 Å². The van der Waals surface area contributed by atoms with Crippen LogP contribution in [0.2, 0.25) is 0 Å². The first-order valence-electron chi connectivity index (χ1n) is 18.6.